The van der Waals surface area contributed by atoms with Crippen LogP contribution in [0, 0.1) is 0 Å². The zero-order valence-electron chi connectivity index (χ0n) is 10.5. The lowest BCUT2D eigenvalue weighted by Crippen LogP contribution is -2.57. The van der Waals surface area contributed by atoms with E-state index in [0.717, 1.165) is 19.3 Å². The van der Waals surface area contributed by atoms with Crippen LogP contribution in [0.1, 0.15) is 39.5 Å². The first-order valence-corrected chi connectivity index (χ1v) is 6.29. The average molecular weight is 228 g/mol. The fourth-order valence-corrected chi connectivity index (χ4v) is 2.26. The van der Waals surface area contributed by atoms with Crippen LogP contribution in [0.25, 0.3) is 0 Å². The van der Waals surface area contributed by atoms with Gasteiger partial charge in [0.2, 0.25) is 5.91 Å². The number of hydrogen-bond acceptors (Lipinski definition) is 3. The summed E-state index contributed by atoms with van der Waals surface area (Å²) in [5.74, 6) is 0.236. The van der Waals surface area contributed by atoms with Gasteiger partial charge in [-0.2, -0.15) is 0 Å². The number of ether oxygens (including phenoxy) is 1. The van der Waals surface area contributed by atoms with Crippen molar-refractivity contribution in [2.24, 2.45) is 5.73 Å². The van der Waals surface area contributed by atoms with E-state index in [-0.39, 0.29) is 11.5 Å². The van der Waals surface area contributed by atoms with Crippen molar-refractivity contribution in [3.8, 4) is 0 Å². The average Bonchev–Trinajstić information content (AvgIpc) is 2.30. The molecule has 1 unspecified atom stereocenters. The monoisotopic (exact) mass is 228 g/mol. The third-order valence-electron chi connectivity index (χ3n) is 3.14. The molecule has 0 radical (unpaired) electrons. The lowest BCUT2D eigenvalue weighted by Gasteiger charge is -2.42. The molecule has 0 aromatic heterocycles. The predicted molar refractivity (Wildman–Crippen MR) is 64.1 cm³/mol. The minimum Gasteiger partial charge on any atom is -0.370 e. The Morgan fingerprint density at radius 3 is 2.75 bits per heavy atom. The van der Waals surface area contributed by atoms with Crippen LogP contribution < -0.4 is 5.73 Å². The minimum atomic E-state index is -0.295. The Morgan fingerprint density at radius 1 is 1.44 bits per heavy atom. The number of morpholine rings is 1. The molecule has 1 aliphatic rings. The molecule has 1 amide bonds. The van der Waals surface area contributed by atoms with Crippen molar-refractivity contribution in [1.29, 1.82) is 0 Å². The van der Waals surface area contributed by atoms with Gasteiger partial charge < -0.3 is 15.4 Å². The van der Waals surface area contributed by atoms with E-state index >= 15 is 0 Å². The van der Waals surface area contributed by atoms with E-state index in [1.807, 2.05) is 11.8 Å². The maximum atomic E-state index is 11.8. The van der Waals surface area contributed by atoms with Crippen molar-refractivity contribution < 1.29 is 9.53 Å². The van der Waals surface area contributed by atoms with Crippen molar-refractivity contribution >= 4 is 5.91 Å². The molecule has 4 nitrogen and oxygen atoms in total. The first-order chi connectivity index (χ1) is 7.67. The van der Waals surface area contributed by atoms with Gasteiger partial charge in [0.1, 0.15) is 0 Å². The highest BCUT2D eigenvalue weighted by molar-refractivity contribution is 5.76. The summed E-state index contributed by atoms with van der Waals surface area (Å²) in [4.78, 5) is 13.7. The van der Waals surface area contributed by atoms with Crippen LogP contribution in [0.3, 0.4) is 0 Å². The van der Waals surface area contributed by atoms with Crippen LogP contribution in [-0.4, -0.2) is 42.6 Å². The molecular weight excluding hydrogens is 204 g/mol. The van der Waals surface area contributed by atoms with Crippen LogP contribution in [0.5, 0.6) is 0 Å². The summed E-state index contributed by atoms with van der Waals surface area (Å²) in [5, 5.41) is 0. The normalized spacial score (nSPS) is 25.8. The van der Waals surface area contributed by atoms with Gasteiger partial charge in [-0.25, -0.2) is 0 Å². The Kier molecular flexibility index (Phi) is 5.22. The molecule has 16 heavy (non-hydrogen) atoms. The van der Waals surface area contributed by atoms with Gasteiger partial charge >= 0.3 is 0 Å². The molecule has 0 saturated carbocycles. The van der Waals surface area contributed by atoms with Crippen molar-refractivity contribution in [2.75, 3.05) is 26.2 Å². The number of carbonyl (C=O) groups is 1. The molecule has 0 aliphatic carbocycles. The summed E-state index contributed by atoms with van der Waals surface area (Å²) in [5.41, 5.74) is 5.50. The first-order valence-electron chi connectivity index (χ1n) is 6.29. The Bertz CT molecular complexity index is 229. The van der Waals surface area contributed by atoms with E-state index < -0.39 is 0 Å². The number of carbonyl (C=O) groups excluding carboxylic acids is 1. The fourth-order valence-electron chi connectivity index (χ4n) is 2.26. The lowest BCUT2D eigenvalue weighted by atomic mass is 9.95. The summed E-state index contributed by atoms with van der Waals surface area (Å²) in [6, 6.07) is 0. The van der Waals surface area contributed by atoms with Gasteiger partial charge in [-0.3, -0.25) is 4.79 Å². The van der Waals surface area contributed by atoms with Crippen LogP contribution in [0.15, 0.2) is 0 Å². The molecule has 0 aromatic carbocycles. The van der Waals surface area contributed by atoms with Gasteiger partial charge in [0.05, 0.1) is 18.8 Å². The maximum Gasteiger partial charge on any atom is 0.222 e. The Balaban J connectivity index is 2.60. The third-order valence-corrected chi connectivity index (χ3v) is 3.14. The minimum absolute atomic E-state index is 0.236. The maximum absolute atomic E-state index is 11.8. The van der Waals surface area contributed by atoms with Gasteiger partial charge in [-0.1, -0.05) is 20.3 Å². The molecule has 2 N–H and O–H groups in total. The van der Waals surface area contributed by atoms with Crippen LogP contribution >= 0.6 is 0 Å². The van der Waals surface area contributed by atoms with Crippen LogP contribution in [-0.2, 0) is 9.53 Å². The second-order valence-corrected chi connectivity index (χ2v) is 4.55. The molecule has 4 heteroatoms. The highest BCUT2D eigenvalue weighted by Gasteiger charge is 2.36. The quantitative estimate of drug-likeness (QED) is 0.768. The van der Waals surface area contributed by atoms with Gasteiger partial charge in [-0.05, 0) is 12.8 Å². The van der Waals surface area contributed by atoms with E-state index in [1.165, 1.54) is 0 Å². The van der Waals surface area contributed by atoms with E-state index in [0.29, 0.717) is 32.7 Å². The predicted octanol–water partition coefficient (Wildman–Crippen LogP) is 1.14. The summed E-state index contributed by atoms with van der Waals surface area (Å²) in [6.07, 6.45) is 3.50. The lowest BCUT2D eigenvalue weighted by molar-refractivity contribution is -0.150. The zero-order valence-corrected chi connectivity index (χ0v) is 10.5. The van der Waals surface area contributed by atoms with Crippen molar-refractivity contribution in [3.05, 3.63) is 0 Å². The third kappa shape index (κ3) is 3.19. The molecule has 1 aliphatic heterocycles. The molecule has 0 spiro atoms. The summed E-state index contributed by atoms with van der Waals surface area (Å²) >= 11 is 0. The molecule has 1 fully saturated rings. The van der Waals surface area contributed by atoms with Crippen molar-refractivity contribution in [2.45, 2.75) is 45.1 Å². The fraction of sp³-hybridized carbons (Fsp3) is 0.917. The highest BCUT2D eigenvalue weighted by Crippen LogP contribution is 2.23. The summed E-state index contributed by atoms with van der Waals surface area (Å²) in [7, 11) is 0. The van der Waals surface area contributed by atoms with Gasteiger partial charge in [0.15, 0.2) is 0 Å². The number of rotatable bonds is 5. The van der Waals surface area contributed by atoms with Gasteiger partial charge in [-0.15, -0.1) is 0 Å². The number of nitrogens with two attached hydrogens (primary N) is 1. The van der Waals surface area contributed by atoms with Crippen molar-refractivity contribution in [3.63, 3.8) is 0 Å². The molecule has 0 bridgehead atoms. The molecule has 1 heterocycles. The van der Waals surface area contributed by atoms with Gasteiger partial charge in [0, 0.05) is 19.5 Å². The van der Waals surface area contributed by atoms with E-state index in [1.54, 1.807) is 0 Å². The van der Waals surface area contributed by atoms with Crippen LogP contribution in [0.4, 0.5) is 0 Å². The molecule has 0 aromatic rings. The SMILES string of the molecule is CCCC(=O)N1CCOC(CN)(CCC)C1. The summed E-state index contributed by atoms with van der Waals surface area (Å²) in [6.45, 7) is 6.64. The standard InChI is InChI=1S/C12H24N2O2/c1-3-5-11(15)14-7-8-16-12(9-13,10-14)6-4-2/h3-10,13H2,1-2H3. The number of nitrogens with zero attached hydrogens (tertiary/aromatic N) is 1. The molecule has 94 valence electrons. The molecular formula is C12H24N2O2. The van der Waals surface area contributed by atoms with E-state index in [4.69, 9.17) is 10.5 Å². The van der Waals surface area contributed by atoms with Crippen LogP contribution in [0.2, 0.25) is 0 Å². The topological polar surface area (TPSA) is 55.6 Å². The molecule has 1 atom stereocenters. The summed E-state index contributed by atoms with van der Waals surface area (Å²) < 4.78 is 5.79. The molecule has 1 saturated heterocycles. The number of amides is 1. The Labute approximate surface area is 98.1 Å². The molecule has 1 rings (SSSR count). The largest absolute Gasteiger partial charge is 0.370 e. The Hall–Kier alpha value is -0.610. The highest BCUT2D eigenvalue weighted by atomic mass is 16.5. The van der Waals surface area contributed by atoms with E-state index in [9.17, 15) is 4.79 Å². The number of hydrogen-bond donors (Lipinski definition) is 1. The first kappa shape index (κ1) is 13.5. The van der Waals surface area contributed by atoms with Crippen molar-refractivity contribution in [1.82, 2.24) is 4.90 Å². The second kappa shape index (κ2) is 6.21. The van der Waals surface area contributed by atoms with E-state index in [2.05, 4.69) is 6.92 Å². The zero-order chi connectivity index (χ0) is 12.0. The second-order valence-electron chi connectivity index (χ2n) is 4.55. The van der Waals surface area contributed by atoms with Gasteiger partial charge in [0.25, 0.3) is 0 Å². The Morgan fingerprint density at radius 2 is 2.19 bits per heavy atom. The smallest absolute Gasteiger partial charge is 0.222 e.